The minimum absolute atomic E-state index is 0.0907. The first-order chi connectivity index (χ1) is 11.3. The maximum absolute atomic E-state index is 6.09. The van der Waals surface area contributed by atoms with Crippen LogP contribution in [0, 0.1) is 0 Å². The van der Waals surface area contributed by atoms with Crippen molar-refractivity contribution in [1.29, 1.82) is 0 Å². The molecule has 4 rings (SSSR count). The molecule has 5 heteroatoms. The second-order valence-corrected chi connectivity index (χ2v) is 7.82. The predicted octanol–water partition coefficient (Wildman–Crippen LogP) is 4.07. The molecule has 2 aromatic rings. The Hall–Kier alpha value is -1.10. The lowest BCUT2D eigenvalue weighted by Crippen LogP contribution is -2.43. The Labute approximate surface area is 146 Å². The standard InChI is InChI=1S/C18H22ClN3S/c19-15-5-3-14(4-6-15)18(7-1-2-8-18)16-13-23-17(21-16)22-11-9-20-10-12-22/h3-6,13,20H,1-2,7-12H2. The summed E-state index contributed by atoms with van der Waals surface area (Å²) in [6.07, 6.45) is 4.95. The van der Waals surface area contributed by atoms with Gasteiger partial charge in [-0.05, 0) is 30.5 Å². The van der Waals surface area contributed by atoms with E-state index in [9.17, 15) is 0 Å². The van der Waals surface area contributed by atoms with Crippen molar-refractivity contribution in [2.45, 2.75) is 31.1 Å². The second-order valence-electron chi connectivity index (χ2n) is 6.55. The smallest absolute Gasteiger partial charge is 0.185 e. The van der Waals surface area contributed by atoms with Crippen LogP contribution in [0.4, 0.5) is 5.13 Å². The highest BCUT2D eigenvalue weighted by atomic mass is 35.5. The number of rotatable bonds is 3. The van der Waals surface area contributed by atoms with Crippen molar-refractivity contribution in [2.75, 3.05) is 31.1 Å². The number of aromatic nitrogens is 1. The van der Waals surface area contributed by atoms with Gasteiger partial charge >= 0.3 is 0 Å². The van der Waals surface area contributed by atoms with Gasteiger partial charge in [-0.3, -0.25) is 0 Å². The summed E-state index contributed by atoms with van der Waals surface area (Å²) >= 11 is 7.89. The van der Waals surface area contributed by atoms with Gasteiger partial charge in [-0.1, -0.05) is 36.6 Å². The Morgan fingerprint density at radius 1 is 1.09 bits per heavy atom. The van der Waals surface area contributed by atoms with Crippen LogP contribution in [0.5, 0.6) is 0 Å². The molecule has 0 spiro atoms. The van der Waals surface area contributed by atoms with E-state index in [1.54, 1.807) is 11.3 Å². The average Bonchev–Trinajstić information content (AvgIpc) is 3.26. The SMILES string of the molecule is Clc1ccc(C2(c3csc(N4CCNCC4)n3)CCCC2)cc1. The highest BCUT2D eigenvalue weighted by Gasteiger charge is 2.39. The van der Waals surface area contributed by atoms with Crippen LogP contribution >= 0.6 is 22.9 Å². The van der Waals surface area contributed by atoms with Crippen molar-refractivity contribution in [2.24, 2.45) is 0 Å². The van der Waals surface area contributed by atoms with Crippen LogP contribution in [-0.4, -0.2) is 31.2 Å². The largest absolute Gasteiger partial charge is 0.346 e. The van der Waals surface area contributed by atoms with Crippen LogP contribution in [0.3, 0.4) is 0 Å². The molecule has 1 aromatic carbocycles. The molecule has 1 saturated carbocycles. The summed E-state index contributed by atoms with van der Waals surface area (Å²) in [7, 11) is 0. The van der Waals surface area contributed by atoms with Gasteiger partial charge in [0.15, 0.2) is 5.13 Å². The van der Waals surface area contributed by atoms with Gasteiger partial charge in [0.1, 0.15) is 0 Å². The van der Waals surface area contributed by atoms with E-state index in [-0.39, 0.29) is 5.41 Å². The second kappa shape index (κ2) is 6.42. The number of thiazole rings is 1. The third-order valence-corrected chi connectivity index (χ3v) is 6.38. The van der Waals surface area contributed by atoms with Gasteiger partial charge < -0.3 is 10.2 Å². The molecule has 23 heavy (non-hydrogen) atoms. The molecule has 1 aliphatic carbocycles. The maximum Gasteiger partial charge on any atom is 0.185 e. The molecule has 1 N–H and O–H groups in total. The number of benzene rings is 1. The van der Waals surface area contributed by atoms with Gasteiger partial charge in [-0.2, -0.15) is 0 Å². The highest BCUT2D eigenvalue weighted by Crippen LogP contribution is 2.47. The summed E-state index contributed by atoms with van der Waals surface area (Å²) < 4.78 is 0. The summed E-state index contributed by atoms with van der Waals surface area (Å²) in [6, 6.07) is 8.41. The van der Waals surface area contributed by atoms with E-state index in [0.717, 1.165) is 31.2 Å². The quantitative estimate of drug-likeness (QED) is 0.907. The first-order valence-corrected chi connectivity index (χ1v) is 9.71. The van der Waals surface area contributed by atoms with Gasteiger partial charge in [0.25, 0.3) is 0 Å². The summed E-state index contributed by atoms with van der Waals surface area (Å²) in [5.74, 6) is 0. The normalized spacial score (nSPS) is 20.8. The van der Waals surface area contributed by atoms with Crippen LogP contribution in [0.25, 0.3) is 0 Å². The van der Waals surface area contributed by atoms with Gasteiger partial charge in [-0.15, -0.1) is 11.3 Å². The van der Waals surface area contributed by atoms with Crippen molar-refractivity contribution < 1.29 is 0 Å². The van der Waals surface area contributed by atoms with Crippen LogP contribution in [0.15, 0.2) is 29.6 Å². The average molecular weight is 348 g/mol. The van der Waals surface area contributed by atoms with E-state index in [1.165, 1.54) is 42.1 Å². The van der Waals surface area contributed by atoms with Crippen LogP contribution in [0.1, 0.15) is 36.9 Å². The lowest BCUT2D eigenvalue weighted by atomic mass is 9.76. The number of nitrogens with zero attached hydrogens (tertiary/aromatic N) is 2. The Morgan fingerprint density at radius 3 is 2.48 bits per heavy atom. The fourth-order valence-corrected chi connectivity index (χ4v) is 5.03. The third-order valence-electron chi connectivity index (χ3n) is 5.22. The van der Waals surface area contributed by atoms with E-state index >= 15 is 0 Å². The first kappa shape index (κ1) is 15.4. The zero-order valence-electron chi connectivity index (χ0n) is 13.2. The van der Waals surface area contributed by atoms with Crippen LogP contribution < -0.4 is 10.2 Å². The van der Waals surface area contributed by atoms with Crippen molar-refractivity contribution in [1.82, 2.24) is 10.3 Å². The summed E-state index contributed by atoms with van der Waals surface area (Å²) in [4.78, 5) is 7.48. The van der Waals surface area contributed by atoms with Crippen molar-refractivity contribution >= 4 is 28.1 Å². The maximum atomic E-state index is 6.09. The van der Waals surface area contributed by atoms with Gasteiger partial charge in [0.2, 0.25) is 0 Å². The molecule has 0 amide bonds. The molecule has 1 aliphatic heterocycles. The van der Waals surface area contributed by atoms with E-state index in [0.29, 0.717) is 0 Å². The Morgan fingerprint density at radius 2 is 1.78 bits per heavy atom. The third kappa shape index (κ3) is 2.88. The lowest BCUT2D eigenvalue weighted by molar-refractivity contribution is 0.519. The number of hydrogen-bond acceptors (Lipinski definition) is 4. The fourth-order valence-electron chi connectivity index (χ4n) is 3.93. The molecule has 3 nitrogen and oxygen atoms in total. The molecule has 0 atom stereocenters. The number of halogens is 1. The molecule has 122 valence electrons. The Kier molecular flexibility index (Phi) is 4.31. The monoisotopic (exact) mass is 347 g/mol. The van der Waals surface area contributed by atoms with E-state index in [2.05, 4.69) is 27.7 Å². The molecular formula is C18H22ClN3S. The molecule has 1 aromatic heterocycles. The minimum atomic E-state index is 0.0907. The van der Waals surface area contributed by atoms with Gasteiger partial charge in [-0.25, -0.2) is 4.98 Å². The summed E-state index contributed by atoms with van der Waals surface area (Å²) in [6.45, 7) is 4.22. The van der Waals surface area contributed by atoms with Crippen molar-refractivity contribution in [3.05, 3.63) is 45.9 Å². The Balaban J connectivity index is 1.68. The number of hydrogen-bond donors (Lipinski definition) is 1. The molecule has 1 saturated heterocycles. The van der Waals surface area contributed by atoms with Crippen LogP contribution in [0.2, 0.25) is 5.02 Å². The zero-order valence-corrected chi connectivity index (χ0v) is 14.8. The Bertz CT molecular complexity index is 655. The van der Waals surface area contributed by atoms with E-state index < -0.39 is 0 Å². The molecule has 2 heterocycles. The summed E-state index contributed by atoms with van der Waals surface area (Å²) in [5, 5.41) is 7.69. The fraction of sp³-hybridized carbons (Fsp3) is 0.500. The zero-order chi connectivity index (χ0) is 15.7. The first-order valence-electron chi connectivity index (χ1n) is 8.46. The van der Waals surface area contributed by atoms with Gasteiger partial charge in [0.05, 0.1) is 5.69 Å². The van der Waals surface area contributed by atoms with Gasteiger partial charge in [0, 0.05) is 42.0 Å². The molecular weight excluding hydrogens is 326 g/mol. The molecule has 2 aliphatic rings. The summed E-state index contributed by atoms with van der Waals surface area (Å²) in [5.41, 5.74) is 2.72. The lowest BCUT2D eigenvalue weighted by Gasteiger charge is -2.29. The number of anilines is 1. The van der Waals surface area contributed by atoms with Crippen molar-refractivity contribution in [3.8, 4) is 0 Å². The molecule has 0 bridgehead atoms. The topological polar surface area (TPSA) is 28.2 Å². The highest BCUT2D eigenvalue weighted by molar-refractivity contribution is 7.13. The van der Waals surface area contributed by atoms with Crippen LogP contribution in [-0.2, 0) is 5.41 Å². The molecule has 2 fully saturated rings. The van der Waals surface area contributed by atoms with E-state index in [1.807, 2.05) is 12.1 Å². The van der Waals surface area contributed by atoms with Crippen molar-refractivity contribution in [3.63, 3.8) is 0 Å². The number of piperazine rings is 1. The van der Waals surface area contributed by atoms with E-state index in [4.69, 9.17) is 16.6 Å². The minimum Gasteiger partial charge on any atom is -0.346 e. The predicted molar refractivity (Wildman–Crippen MR) is 97.9 cm³/mol. The number of nitrogens with one attached hydrogen (secondary N) is 1. The molecule has 0 radical (unpaired) electrons. The molecule has 0 unspecified atom stereocenters.